The molecule has 5 aromatic rings. The van der Waals surface area contributed by atoms with Crippen LogP contribution in [-0.2, 0) is 24.3 Å². The van der Waals surface area contributed by atoms with Crippen molar-refractivity contribution in [3.8, 4) is 17.2 Å². The van der Waals surface area contributed by atoms with Crippen molar-refractivity contribution in [1.29, 1.82) is 0 Å². The molecule has 0 amide bonds. The zero-order valence-electron chi connectivity index (χ0n) is 23.2. The summed E-state index contributed by atoms with van der Waals surface area (Å²) in [6, 6.07) is 10.8. The van der Waals surface area contributed by atoms with E-state index in [4.69, 9.17) is 25.8 Å². The smallest absolute Gasteiger partial charge is 0.335 e. The molecule has 1 fully saturated rings. The number of rotatable bonds is 10. The van der Waals surface area contributed by atoms with Gasteiger partial charge in [0.05, 0.1) is 29.4 Å². The molecule has 0 spiro atoms. The maximum atomic E-state index is 15.3. The highest BCUT2D eigenvalue weighted by molar-refractivity contribution is 7.59. The van der Waals surface area contributed by atoms with Crippen LogP contribution in [0.25, 0.3) is 11.0 Å². The number of carboxylic acid groups (broad SMARTS) is 1. The van der Waals surface area contributed by atoms with Gasteiger partial charge in [-0.05, 0) is 54.4 Å². The van der Waals surface area contributed by atoms with E-state index in [1.165, 1.54) is 36.5 Å². The molecule has 0 radical (unpaired) electrons. The molecule has 3 heterocycles. The van der Waals surface area contributed by atoms with Gasteiger partial charge >= 0.3 is 5.97 Å². The molecule has 1 atom stereocenters. The summed E-state index contributed by atoms with van der Waals surface area (Å²) in [6.07, 6.45) is 1.68. The fraction of sp³-hybridized carbons (Fsp3) is 0.194. The normalized spacial score (nSPS) is 14.1. The Labute approximate surface area is 265 Å². The molecule has 0 bridgehead atoms. The van der Waals surface area contributed by atoms with Crippen LogP contribution in [0.3, 0.4) is 0 Å². The third-order valence-electron chi connectivity index (χ3n) is 7.05. The molecule has 6 rings (SSSR count). The van der Waals surface area contributed by atoms with Crippen LogP contribution in [0.4, 0.5) is 17.6 Å². The highest BCUT2D eigenvalue weighted by atomic mass is 35.5. The second-order valence-electron chi connectivity index (χ2n) is 10.1. The van der Waals surface area contributed by atoms with E-state index in [9.17, 15) is 18.7 Å². The highest BCUT2D eigenvalue weighted by Gasteiger charge is 2.25. The van der Waals surface area contributed by atoms with Gasteiger partial charge < -0.3 is 23.9 Å². The summed E-state index contributed by atoms with van der Waals surface area (Å²) in [5.74, 6) is -4.58. The van der Waals surface area contributed by atoms with E-state index in [2.05, 4.69) is 9.97 Å². The van der Waals surface area contributed by atoms with Gasteiger partial charge in [-0.3, -0.25) is 4.98 Å². The summed E-state index contributed by atoms with van der Waals surface area (Å²) in [7, 11) is 0. The van der Waals surface area contributed by atoms with Crippen molar-refractivity contribution in [1.82, 2.24) is 14.5 Å². The Bertz CT molecular complexity index is 1900. The number of aromatic nitrogens is 3. The highest BCUT2D eigenvalue weighted by Crippen LogP contribution is 2.31. The zero-order valence-corrected chi connectivity index (χ0v) is 25.0. The minimum absolute atomic E-state index is 0. The van der Waals surface area contributed by atoms with E-state index < -0.39 is 35.0 Å². The first-order valence-electron chi connectivity index (χ1n) is 13.4. The monoisotopic (exact) mass is 661 g/mol. The number of imidazole rings is 1. The van der Waals surface area contributed by atoms with Gasteiger partial charge in [-0.15, -0.1) is 0 Å². The van der Waals surface area contributed by atoms with Gasteiger partial charge in [-0.1, -0.05) is 11.6 Å². The van der Waals surface area contributed by atoms with Crippen LogP contribution in [-0.4, -0.2) is 38.3 Å². The molecule has 2 aromatic heterocycles. The first-order valence-corrected chi connectivity index (χ1v) is 13.7. The van der Waals surface area contributed by atoms with Crippen LogP contribution in [0.5, 0.6) is 17.2 Å². The van der Waals surface area contributed by atoms with Crippen molar-refractivity contribution in [2.45, 2.75) is 32.1 Å². The second-order valence-corrected chi connectivity index (χ2v) is 10.5. The number of fused-ring (bicyclic) bond motifs is 1. The number of halogens is 5. The van der Waals surface area contributed by atoms with Crippen LogP contribution in [0.2, 0.25) is 5.02 Å². The number of hydrogen-bond acceptors (Lipinski definition) is 6. The molecule has 1 aliphatic heterocycles. The van der Waals surface area contributed by atoms with Crippen molar-refractivity contribution in [2.75, 3.05) is 6.61 Å². The van der Waals surface area contributed by atoms with Gasteiger partial charge in [0.2, 0.25) is 0 Å². The molecule has 1 N–H and O–H groups in total. The molecule has 0 aliphatic carbocycles. The molecule has 8 nitrogen and oxygen atoms in total. The van der Waals surface area contributed by atoms with Crippen LogP contribution in [0.15, 0.2) is 60.8 Å². The van der Waals surface area contributed by atoms with Gasteiger partial charge in [0.15, 0.2) is 29.0 Å². The number of benzene rings is 3. The molecule has 45 heavy (non-hydrogen) atoms. The fourth-order valence-electron chi connectivity index (χ4n) is 4.75. The lowest BCUT2D eigenvalue weighted by Crippen LogP contribution is -2.31. The van der Waals surface area contributed by atoms with E-state index in [0.29, 0.717) is 12.3 Å². The molecule has 3 aromatic carbocycles. The third-order valence-corrected chi connectivity index (χ3v) is 7.28. The zero-order chi connectivity index (χ0) is 31.0. The van der Waals surface area contributed by atoms with Crippen LogP contribution in [0, 0.1) is 23.3 Å². The maximum Gasteiger partial charge on any atom is 0.335 e. The van der Waals surface area contributed by atoms with Crippen molar-refractivity contribution >= 4 is 42.1 Å². The summed E-state index contributed by atoms with van der Waals surface area (Å²) >= 11 is 5.75. The SMILES string of the molecule is O=C(O)c1cc(F)c2nc(Cc3cc(F)c(Oc4ccnc(COc5ccc(Cl)cc5F)c4)cc3F)n(C[C@@H]3CCO3)c2c1.S. The van der Waals surface area contributed by atoms with Gasteiger partial charge in [-0.25, -0.2) is 27.3 Å². The number of carbonyl (C=O) groups is 1. The molecular weight excluding hydrogens is 638 g/mol. The van der Waals surface area contributed by atoms with E-state index in [0.717, 1.165) is 30.7 Å². The summed E-state index contributed by atoms with van der Waals surface area (Å²) in [5.41, 5.74) is 0.126. The van der Waals surface area contributed by atoms with E-state index in [1.54, 1.807) is 4.57 Å². The van der Waals surface area contributed by atoms with Crippen molar-refractivity contribution < 1.29 is 41.7 Å². The molecule has 0 saturated carbocycles. The predicted molar refractivity (Wildman–Crippen MR) is 161 cm³/mol. The van der Waals surface area contributed by atoms with Gasteiger partial charge in [0.25, 0.3) is 0 Å². The molecule has 234 valence electrons. The van der Waals surface area contributed by atoms with Crippen LogP contribution in [0.1, 0.15) is 33.9 Å². The Hall–Kier alpha value is -4.33. The predicted octanol–water partition coefficient (Wildman–Crippen LogP) is 7.20. The molecule has 1 saturated heterocycles. The largest absolute Gasteiger partial charge is 0.484 e. The number of hydrogen-bond donors (Lipinski definition) is 1. The number of nitrogens with zero attached hydrogens (tertiary/aromatic N) is 3. The standard InChI is InChI=1S/C31H22ClF4N3O5.H2S/c32-18-1-2-27(24(35)11-18)43-15-19-12-20(3-5-37-19)44-28-13-22(33)16(7-23(28)34)10-29-38-30-25(36)8-17(31(40)41)9-26(30)39(29)14-21-4-6-42-21;/h1-3,5,7-9,11-13,21H,4,6,10,14-15H2,(H,40,41);1H2/t21-;/m0./s1. The summed E-state index contributed by atoms with van der Waals surface area (Å²) in [6.45, 7) is 0.654. The molecule has 0 unspecified atom stereocenters. The number of aromatic carboxylic acids is 1. The van der Waals surface area contributed by atoms with E-state index in [1.807, 2.05) is 0 Å². The van der Waals surface area contributed by atoms with Crippen LogP contribution >= 0.6 is 25.1 Å². The molecule has 14 heteroatoms. The average Bonchev–Trinajstić information content (AvgIpc) is 3.30. The van der Waals surface area contributed by atoms with Gasteiger partial charge in [0, 0.05) is 36.4 Å². The lowest BCUT2D eigenvalue weighted by molar-refractivity contribution is -0.0589. The van der Waals surface area contributed by atoms with E-state index >= 15 is 8.78 Å². The fourth-order valence-corrected chi connectivity index (χ4v) is 4.91. The third kappa shape index (κ3) is 7.00. The second kappa shape index (κ2) is 13.3. The Morgan fingerprint density at radius 1 is 1.00 bits per heavy atom. The Morgan fingerprint density at radius 2 is 1.78 bits per heavy atom. The molecular formula is C31H24ClF4N3O5S. The topological polar surface area (TPSA) is 95.7 Å². The van der Waals surface area contributed by atoms with Crippen molar-refractivity contribution in [3.63, 3.8) is 0 Å². The Kier molecular flexibility index (Phi) is 9.51. The molecule has 1 aliphatic rings. The first-order chi connectivity index (χ1) is 21.1. The minimum Gasteiger partial charge on any atom is -0.484 e. The Balaban J connectivity index is 0.00000400. The summed E-state index contributed by atoms with van der Waals surface area (Å²) in [5, 5.41) is 9.61. The summed E-state index contributed by atoms with van der Waals surface area (Å²) < 4.78 is 77.4. The number of carboxylic acids is 1. The quantitative estimate of drug-likeness (QED) is 0.158. The summed E-state index contributed by atoms with van der Waals surface area (Å²) in [4.78, 5) is 20.0. The number of pyridine rings is 1. The first kappa shape index (κ1) is 32.1. The van der Waals surface area contributed by atoms with Gasteiger partial charge in [-0.2, -0.15) is 13.5 Å². The van der Waals surface area contributed by atoms with E-state index in [-0.39, 0.29) is 83.7 Å². The Morgan fingerprint density at radius 3 is 2.49 bits per heavy atom. The minimum atomic E-state index is -1.31. The van der Waals surface area contributed by atoms with Gasteiger partial charge in [0.1, 0.15) is 29.5 Å². The lowest BCUT2D eigenvalue weighted by Gasteiger charge is -2.27. The van der Waals surface area contributed by atoms with Crippen LogP contribution < -0.4 is 9.47 Å². The lowest BCUT2D eigenvalue weighted by atomic mass is 10.1. The number of ether oxygens (including phenoxy) is 3. The van der Waals surface area contributed by atoms with Crippen molar-refractivity contribution in [3.05, 3.63) is 112 Å². The van der Waals surface area contributed by atoms with Crippen molar-refractivity contribution in [2.24, 2.45) is 0 Å². The maximum absolute atomic E-state index is 15.3. The average molecular weight is 662 g/mol.